The van der Waals surface area contributed by atoms with Gasteiger partial charge in [0, 0.05) is 48.7 Å². The standard InChI is InChI=1S/C22H24N2O3/c23-12-13-24-15-20(22(27)16-25)14-21(26)19-10-8-18(9-11-19)7-6-17-4-2-1-3-5-17/h1-5,8-11,20,24-25H,12-16,23H2/t20-/m0/s1. The number of carbonyl (C=O) groups excluding carboxylic acids is 2. The van der Waals surface area contributed by atoms with Gasteiger partial charge < -0.3 is 16.2 Å². The van der Waals surface area contributed by atoms with Gasteiger partial charge >= 0.3 is 0 Å². The van der Waals surface area contributed by atoms with Crippen LogP contribution in [0.2, 0.25) is 0 Å². The maximum absolute atomic E-state index is 12.5. The predicted molar refractivity (Wildman–Crippen MR) is 105 cm³/mol. The monoisotopic (exact) mass is 364 g/mol. The molecule has 0 aromatic heterocycles. The van der Waals surface area contributed by atoms with Crippen molar-refractivity contribution in [1.29, 1.82) is 0 Å². The van der Waals surface area contributed by atoms with Crippen LogP contribution in [-0.4, -0.2) is 42.9 Å². The summed E-state index contributed by atoms with van der Waals surface area (Å²) in [5.41, 5.74) is 7.67. The van der Waals surface area contributed by atoms with E-state index in [9.17, 15) is 9.59 Å². The molecule has 27 heavy (non-hydrogen) atoms. The van der Waals surface area contributed by atoms with Crippen molar-refractivity contribution < 1.29 is 14.7 Å². The molecule has 0 spiro atoms. The lowest BCUT2D eigenvalue weighted by atomic mass is 9.94. The van der Waals surface area contributed by atoms with E-state index in [2.05, 4.69) is 17.2 Å². The largest absolute Gasteiger partial charge is 0.389 e. The Balaban J connectivity index is 2.01. The number of aliphatic hydroxyl groups is 1. The molecule has 0 heterocycles. The Labute approximate surface area is 159 Å². The summed E-state index contributed by atoms with van der Waals surface area (Å²) in [5.74, 6) is 5.07. The van der Waals surface area contributed by atoms with Gasteiger partial charge in [-0.05, 0) is 24.3 Å². The second-order valence-corrected chi connectivity index (χ2v) is 6.13. The van der Waals surface area contributed by atoms with E-state index in [1.54, 1.807) is 24.3 Å². The molecule has 0 saturated carbocycles. The Morgan fingerprint density at radius 1 is 1.00 bits per heavy atom. The van der Waals surface area contributed by atoms with Crippen LogP contribution in [0, 0.1) is 17.8 Å². The maximum atomic E-state index is 12.5. The minimum atomic E-state index is -0.573. The van der Waals surface area contributed by atoms with Gasteiger partial charge in [-0.1, -0.05) is 42.2 Å². The molecule has 0 bridgehead atoms. The zero-order valence-electron chi connectivity index (χ0n) is 15.2. The molecule has 1 atom stereocenters. The average Bonchev–Trinajstić information content (AvgIpc) is 2.72. The highest BCUT2D eigenvalue weighted by Gasteiger charge is 2.21. The summed E-state index contributed by atoms with van der Waals surface area (Å²) >= 11 is 0. The lowest BCUT2D eigenvalue weighted by Crippen LogP contribution is -2.34. The fourth-order valence-electron chi connectivity index (χ4n) is 2.55. The molecule has 0 saturated heterocycles. The Morgan fingerprint density at radius 3 is 2.22 bits per heavy atom. The highest BCUT2D eigenvalue weighted by molar-refractivity contribution is 5.99. The van der Waals surface area contributed by atoms with E-state index in [4.69, 9.17) is 10.8 Å². The summed E-state index contributed by atoms with van der Waals surface area (Å²) in [4.78, 5) is 24.3. The minimum absolute atomic E-state index is 0.0476. The third kappa shape index (κ3) is 6.80. The first kappa shape index (κ1) is 20.5. The van der Waals surface area contributed by atoms with Crippen molar-refractivity contribution in [3.63, 3.8) is 0 Å². The molecule has 2 aromatic carbocycles. The van der Waals surface area contributed by atoms with Crippen molar-refractivity contribution in [1.82, 2.24) is 5.32 Å². The average molecular weight is 364 g/mol. The maximum Gasteiger partial charge on any atom is 0.163 e. The molecule has 0 aliphatic heterocycles. The fourth-order valence-corrected chi connectivity index (χ4v) is 2.55. The second kappa shape index (κ2) is 11.0. The van der Waals surface area contributed by atoms with Crippen LogP contribution in [0.3, 0.4) is 0 Å². The number of Topliss-reactive ketones (excluding diaryl/α,β-unsaturated/α-hetero) is 2. The van der Waals surface area contributed by atoms with Crippen molar-refractivity contribution in [2.75, 3.05) is 26.2 Å². The van der Waals surface area contributed by atoms with Crippen molar-refractivity contribution in [3.8, 4) is 11.8 Å². The van der Waals surface area contributed by atoms with Gasteiger partial charge in [0.1, 0.15) is 6.61 Å². The first-order valence-corrected chi connectivity index (χ1v) is 8.88. The van der Waals surface area contributed by atoms with Crippen LogP contribution in [-0.2, 0) is 4.79 Å². The molecular formula is C22H24N2O3. The van der Waals surface area contributed by atoms with Crippen molar-refractivity contribution in [2.45, 2.75) is 6.42 Å². The van der Waals surface area contributed by atoms with Crippen LogP contribution in [0.15, 0.2) is 54.6 Å². The SMILES string of the molecule is NCCNC[C@H](CC(=O)c1ccc(C#Cc2ccccc2)cc1)C(=O)CO. The van der Waals surface area contributed by atoms with E-state index < -0.39 is 12.5 Å². The van der Waals surface area contributed by atoms with Gasteiger partial charge in [-0.3, -0.25) is 9.59 Å². The third-order valence-electron chi connectivity index (χ3n) is 4.09. The van der Waals surface area contributed by atoms with Gasteiger partial charge in [0.05, 0.1) is 0 Å². The first-order chi connectivity index (χ1) is 13.1. The molecule has 0 unspecified atom stereocenters. The van der Waals surface area contributed by atoms with Gasteiger partial charge in [-0.25, -0.2) is 0 Å². The fraction of sp³-hybridized carbons (Fsp3) is 0.273. The number of nitrogens with two attached hydrogens (primary N) is 1. The molecule has 2 rings (SSSR count). The van der Waals surface area contributed by atoms with Crippen LogP contribution in [0.1, 0.15) is 27.9 Å². The first-order valence-electron chi connectivity index (χ1n) is 8.88. The topological polar surface area (TPSA) is 92.4 Å². The molecule has 5 nitrogen and oxygen atoms in total. The molecule has 5 heteroatoms. The van der Waals surface area contributed by atoms with Crippen LogP contribution in [0.4, 0.5) is 0 Å². The quantitative estimate of drug-likeness (QED) is 0.355. The molecule has 4 N–H and O–H groups in total. The molecular weight excluding hydrogens is 340 g/mol. The summed E-state index contributed by atoms with van der Waals surface area (Å²) in [5, 5.41) is 12.1. The van der Waals surface area contributed by atoms with Crippen LogP contribution >= 0.6 is 0 Å². The van der Waals surface area contributed by atoms with Gasteiger partial charge in [0.25, 0.3) is 0 Å². The summed E-state index contributed by atoms with van der Waals surface area (Å²) in [6, 6.07) is 16.7. The normalized spacial score (nSPS) is 11.3. The number of benzene rings is 2. The van der Waals surface area contributed by atoms with Gasteiger partial charge in [-0.2, -0.15) is 0 Å². The van der Waals surface area contributed by atoms with E-state index in [-0.39, 0.29) is 18.0 Å². The lowest BCUT2D eigenvalue weighted by Gasteiger charge is -2.14. The zero-order chi connectivity index (χ0) is 19.5. The van der Waals surface area contributed by atoms with Gasteiger partial charge in [0.2, 0.25) is 0 Å². The number of carbonyl (C=O) groups is 2. The summed E-state index contributed by atoms with van der Waals surface area (Å²) in [6.07, 6.45) is 0.0476. The third-order valence-corrected chi connectivity index (χ3v) is 4.09. The Hall–Kier alpha value is -2.78. The highest BCUT2D eigenvalue weighted by atomic mass is 16.3. The Morgan fingerprint density at radius 2 is 1.63 bits per heavy atom. The van der Waals surface area contributed by atoms with Crippen molar-refractivity contribution in [3.05, 3.63) is 71.3 Å². The van der Waals surface area contributed by atoms with Crippen LogP contribution in [0.25, 0.3) is 0 Å². The van der Waals surface area contributed by atoms with Crippen LogP contribution in [0.5, 0.6) is 0 Å². The number of hydrogen-bond acceptors (Lipinski definition) is 5. The van der Waals surface area contributed by atoms with Gasteiger partial charge in [-0.15, -0.1) is 0 Å². The van der Waals surface area contributed by atoms with Crippen molar-refractivity contribution in [2.24, 2.45) is 11.7 Å². The molecule has 140 valence electrons. The van der Waals surface area contributed by atoms with E-state index in [0.717, 1.165) is 11.1 Å². The predicted octanol–water partition coefficient (Wildman–Crippen LogP) is 1.39. The number of nitrogens with one attached hydrogen (secondary N) is 1. The second-order valence-electron chi connectivity index (χ2n) is 6.13. The summed E-state index contributed by atoms with van der Waals surface area (Å²) < 4.78 is 0. The Kier molecular flexibility index (Phi) is 8.40. The minimum Gasteiger partial charge on any atom is -0.389 e. The highest BCUT2D eigenvalue weighted by Crippen LogP contribution is 2.12. The number of hydrogen-bond donors (Lipinski definition) is 3. The number of aliphatic hydroxyl groups excluding tert-OH is 1. The van der Waals surface area contributed by atoms with E-state index in [0.29, 0.717) is 25.2 Å². The van der Waals surface area contributed by atoms with Crippen molar-refractivity contribution >= 4 is 11.6 Å². The van der Waals surface area contributed by atoms with E-state index in [1.165, 1.54) is 0 Å². The zero-order valence-corrected chi connectivity index (χ0v) is 15.2. The molecule has 2 aromatic rings. The molecule has 0 amide bonds. The molecule has 0 aliphatic carbocycles. The van der Waals surface area contributed by atoms with Gasteiger partial charge in [0.15, 0.2) is 11.6 Å². The summed E-state index contributed by atoms with van der Waals surface area (Å²) in [7, 11) is 0. The number of ketones is 2. The smallest absolute Gasteiger partial charge is 0.163 e. The molecule has 0 aliphatic rings. The Bertz CT molecular complexity index is 805. The summed E-state index contributed by atoms with van der Waals surface area (Å²) in [6.45, 7) is 0.747. The number of rotatable bonds is 9. The van der Waals surface area contributed by atoms with E-state index in [1.807, 2.05) is 30.3 Å². The molecule has 0 fully saturated rings. The molecule has 0 radical (unpaired) electrons. The lowest BCUT2D eigenvalue weighted by molar-refractivity contribution is -0.125. The van der Waals surface area contributed by atoms with Crippen LogP contribution < -0.4 is 11.1 Å². The van der Waals surface area contributed by atoms with E-state index >= 15 is 0 Å².